The first kappa shape index (κ1) is 15.3. The highest BCUT2D eigenvalue weighted by atomic mass is 32.2. The van der Waals surface area contributed by atoms with Gasteiger partial charge in [0.25, 0.3) is 11.8 Å². The van der Waals surface area contributed by atoms with Crippen molar-refractivity contribution in [2.24, 2.45) is 0 Å². The molecule has 0 N–H and O–H groups in total. The SMILES string of the molecule is CCSc1cccc(C(=O)ON2C(=O)c3ccccc3C2=O)c1. The molecule has 0 aliphatic carbocycles. The van der Waals surface area contributed by atoms with Crippen molar-refractivity contribution < 1.29 is 19.2 Å². The number of carbonyl (C=O) groups excluding carboxylic acids is 3. The summed E-state index contributed by atoms with van der Waals surface area (Å²) < 4.78 is 0. The second-order valence-corrected chi connectivity index (χ2v) is 6.13. The summed E-state index contributed by atoms with van der Waals surface area (Å²) in [5.74, 6) is -1.12. The summed E-state index contributed by atoms with van der Waals surface area (Å²) in [7, 11) is 0. The molecule has 2 aromatic rings. The first-order valence-corrected chi connectivity index (χ1v) is 8.03. The quantitative estimate of drug-likeness (QED) is 0.637. The molecular weight excluding hydrogens is 314 g/mol. The van der Waals surface area contributed by atoms with Gasteiger partial charge < -0.3 is 4.84 Å². The highest BCUT2D eigenvalue weighted by molar-refractivity contribution is 7.99. The van der Waals surface area contributed by atoms with Gasteiger partial charge in [-0.25, -0.2) is 4.79 Å². The van der Waals surface area contributed by atoms with Gasteiger partial charge >= 0.3 is 5.97 Å². The van der Waals surface area contributed by atoms with Crippen LogP contribution in [0.4, 0.5) is 0 Å². The van der Waals surface area contributed by atoms with Crippen molar-refractivity contribution in [1.29, 1.82) is 0 Å². The van der Waals surface area contributed by atoms with Crippen LogP contribution in [0.3, 0.4) is 0 Å². The van der Waals surface area contributed by atoms with Gasteiger partial charge in [0.15, 0.2) is 0 Å². The van der Waals surface area contributed by atoms with E-state index in [0.29, 0.717) is 10.6 Å². The Bertz CT molecular complexity index is 768. The van der Waals surface area contributed by atoms with Gasteiger partial charge in [-0.3, -0.25) is 9.59 Å². The number of hydrogen-bond acceptors (Lipinski definition) is 5. The van der Waals surface area contributed by atoms with Crippen LogP contribution in [-0.4, -0.2) is 28.6 Å². The standard InChI is InChI=1S/C17H13NO4S/c1-2-23-12-7-5-6-11(10-12)17(21)22-18-15(19)13-8-3-4-9-14(13)16(18)20/h3-10H,2H2,1H3. The van der Waals surface area contributed by atoms with E-state index < -0.39 is 17.8 Å². The van der Waals surface area contributed by atoms with Crippen molar-refractivity contribution >= 4 is 29.5 Å². The van der Waals surface area contributed by atoms with E-state index in [0.717, 1.165) is 10.6 Å². The molecule has 0 radical (unpaired) electrons. The summed E-state index contributed by atoms with van der Waals surface area (Å²) in [6.45, 7) is 2.01. The third-order valence-corrected chi connectivity index (χ3v) is 4.19. The Balaban J connectivity index is 1.80. The van der Waals surface area contributed by atoms with Crippen molar-refractivity contribution in [1.82, 2.24) is 5.06 Å². The monoisotopic (exact) mass is 327 g/mol. The molecule has 0 spiro atoms. The van der Waals surface area contributed by atoms with Gasteiger partial charge in [-0.05, 0) is 36.1 Å². The summed E-state index contributed by atoms with van der Waals surface area (Å²) >= 11 is 1.59. The molecule has 0 fully saturated rings. The van der Waals surface area contributed by atoms with E-state index >= 15 is 0 Å². The van der Waals surface area contributed by atoms with E-state index in [1.807, 2.05) is 13.0 Å². The van der Waals surface area contributed by atoms with Crippen LogP contribution in [0, 0.1) is 0 Å². The van der Waals surface area contributed by atoms with Gasteiger partial charge in [0.2, 0.25) is 0 Å². The van der Waals surface area contributed by atoms with Crippen molar-refractivity contribution in [3.8, 4) is 0 Å². The Kier molecular flexibility index (Phi) is 4.16. The number of benzene rings is 2. The molecule has 5 nitrogen and oxygen atoms in total. The third kappa shape index (κ3) is 2.85. The first-order chi connectivity index (χ1) is 11.1. The molecule has 116 valence electrons. The minimum atomic E-state index is -0.738. The number of rotatable bonds is 4. The maximum atomic E-state index is 12.2. The Morgan fingerprint density at radius 2 is 1.70 bits per heavy atom. The second-order valence-electron chi connectivity index (χ2n) is 4.79. The summed E-state index contributed by atoms with van der Waals surface area (Å²) in [6, 6.07) is 13.2. The van der Waals surface area contributed by atoms with Gasteiger partial charge in [0, 0.05) is 4.90 Å². The molecule has 1 heterocycles. The van der Waals surface area contributed by atoms with Crippen LogP contribution in [0.1, 0.15) is 38.0 Å². The number of thioether (sulfide) groups is 1. The lowest BCUT2D eigenvalue weighted by Gasteiger charge is -2.13. The van der Waals surface area contributed by atoms with E-state index in [4.69, 9.17) is 4.84 Å². The van der Waals surface area contributed by atoms with E-state index in [9.17, 15) is 14.4 Å². The van der Waals surface area contributed by atoms with E-state index in [1.54, 1.807) is 42.1 Å². The molecule has 0 atom stereocenters. The molecule has 1 aliphatic rings. The van der Waals surface area contributed by atoms with Crippen molar-refractivity contribution in [3.05, 3.63) is 65.2 Å². The highest BCUT2D eigenvalue weighted by Gasteiger charge is 2.38. The van der Waals surface area contributed by atoms with Crippen LogP contribution in [0.15, 0.2) is 53.4 Å². The zero-order valence-electron chi connectivity index (χ0n) is 12.3. The van der Waals surface area contributed by atoms with Crippen LogP contribution in [0.25, 0.3) is 0 Å². The summed E-state index contributed by atoms with van der Waals surface area (Å²) in [5, 5.41) is 0.520. The number of hydroxylamine groups is 2. The van der Waals surface area contributed by atoms with E-state index in [1.165, 1.54) is 12.1 Å². The smallest absolute Gasteiger partial charge is 0.324 e. The van der Waals surface area contributed by atoms with Crippen LogP contribution in [0.2, 0.25) is 0 Å². The maximum Gasteiger partial charge on any atom is 0.363 e. The predicted molar refractivity (Wildman–Crippen MR) is 85.2 cm³/mol. The molecule has 0 bridgehead atoms. The molecule has 0 saturated carbocycles. The largest absolute Gasteiger partial charge is 0.363 e. The molecule has 23 heavy (non-hydrogen) atoms. The highest BCUT2D eigenvalue weighted by Crippen LogP contribution is 2.24. The van der Waals surface area contributed by atoms with Crippen LogP contribution in [-0.2, 0) is 4.84 Å². The fraction of sp³-hybridized carbons (Fsp3) is 0.118. The molecule has 2 aromatic carbocycles. The normalized spacial score (nSPS) is 13.2. The predicted octanol–water partition coefficient (Wildman–Crippen LogP) is 3.17. The van der Waals surface area contributed by atoms with Gasteiger partial charge in [-0.1, -0.05) is 30.2 Å². The van der Waals surface area contributed by atoms with Crippen molar-refractivity contribution in [3.63, 3.8) is 0 Å². The first-order valence-electron chi connectivity index (χ1n) is 7.04. The molecule has 2 amide bonds. The molecular formula is C17H13NO4S. The molecule has 6 heteroatoms. The molecule has 0 saturated heterocycles. The third-order valence-electron chi connectivity index (χ3n) is 3.31. The van der Waals surface area contributed by atoms with Gasteiger partial charge in [0.05, 0.1) is 16.7 Å². The molecule has 1 aliphatic heterocycles. The van der Waals surface area contributed by atoms with Crippen LogP contribution >= 0.6 is 11.8 Å². The fourth-order valence-electron chi connectivity index (χ4n) is 2.27. The Morgan fingerprint density at radius 1 is 1.04 bits per heavy atom. The number of hydrogen-bond donors (Lipinski definition) is 0. The molecule has 0 aromatic heterocycles. The van der Waals surface area contributed by atoms with E-state index in [-0.39, 0.29) is 11.1 Å². The van der Waals surface area contributed by atoms with E-state index in [2.05, 4.69) is 0 Å². The Labute approximate surface area is 137 Å². The lowest BCUT2D eigenvalue weighted by Crippen LogP contribution is -2.32. The minimum absolute atomic E-state index is 0.237. The zero-order chi connectivity index (χ0) is 16.4. The second kappa shape index (κ2) is 6.26. The van der Waals surface area contributed by atoms with Gasteiger partial charge in [0.1, 0.15) is 0 Å². The lowest BCUT2D eigenvalue weighted by molar-refractivity contribution is -0.0584. The zero-order valence-corrected chi connectivity index (χ0v) is 13.1. The molecule has 0 unspecified atom stereocenters. The number of imide groups is 1. The Morgan fingerprint density at radius 3 is 2.30 bits per heavy atom. The minimum Gasteiger partial charge on any atom is -0.324 e. The summed E-state index contributed by atoms with van der Waals surface area (Å²) in [6.07, 6.45) is 0. The number of fused-ring (bicyclic) bond motifs is 1. The number of carbonyl (C=O) groups is 3. The maximum absolute atomic E-state index is 12.2. The van der Waals surface area contributed by atoms with Crippen molar-refractivity contribution in [2.75, 3.05) is 5.75 Å². The number of nitrogens with zero attached hydrogens (tertiary/aromatic N) is 1. The summed E-state index contributed by atoms with van der Waals surface area (Å²) in [5.41, 5.74) is 0.765. The van der Waals surface area contributed by atoms with Gasteiger partial charge in [-0.2, -0.15) is 0 Å². The summed E-state index contributed by atoms with van der Waals surface area (Å²) in [4.78, 5) is 42.5. The topological polar surface area (TPSA) is 63.7 Å². The number of amides is 2. The van der Waals surface area contributed by atoms with Crippen LogP contribution < -0.4 is 0 Å². The fourth-order valence-corrected chi connectivity index (χ4v) is 2.98. The lowest BCUT2D eigenvalue weighted by atomic mass is 10.1. The Hall–Kier alpha value is -2.60. The van der Waals surface area contributed by atoms with Gasteiger partial charge in [-0.15, -0.1) is 11.8 Å². The van der Waals surface area contributed by atoms with Crippen LogP contribution in [0.5, 0.6) is 0 Å². The average Bonchev–Trinajstić information content (AvgIpc) is 2.81. The molecule has 3 rings (SSSR count). The van der Waals surface area contributed by atoms with Crippen molar-refractivity contribution in [2.45, 2.75) is 11.8 Å². The average molecular weight is 327 g/mol.